The highest BCUT2D eigenvalue weighted by atomic mass is 35.5. The Bertz CT molecular complexity index is 172. The average molecular weight is 148 g/mol. The molecule has 0 aliphatic carbocycles. The minimum absolute atomic E-state index is 0.310. The standard InChI is InChI=1S/C4HCl2N2/c5-3-1-4(6)8-2-7-3/h1H. The lowest BCUT2D eigenvalue weighted by Gasteiger charge is -1.84. The van der Waals surface area contributed by atoms with E-state index in [0.717, 1.165) is 0 Å². The van der Waals surface area contributed by atoms with Crippen LogP contribution in [-0.4, -0.2) is 9.97 Å². The number of hydrogen-bond donors (Lipinski definition) is 0. The quantitative estimate of drug-likeness (QED) is 0.522. The maximum atomic E-state index is 5.38. The largest absolute Gasteiger partial charge is 0.213 e. The van der Waals surface area contributed by atoms with Crippen molar-refractivity contribution in [3.8, 4) is 0 Å². The fourth-order valence-electron chi connectivity index (χ4n) is 0.283. The van der Waals surface area contributed by atoms with Crippen LogP contribution in [0, 0.1) is 6.33 Å². The highest BCUT2D eigenvalue weighted by molar-refractivity contribution is 6.33. The molecule has 0 amide bonds. The number of aromatic nitrogens is 2. The molecule has 0 spiro atoms. The van der Waals surface area contributed by atoms with E-state index in [2.05, 4.69) is 16.3 Å². The van der Waals surface area contributed by atoms with E-state index in [1.807, 2.05) is 0 Å². The van der Waals surface area contributed by atoms with Crippen molar-refractivity contribution in [2.24, 2.45) is 0 Å². The molecule has 1 radical (unpaired) electrons. The van der Waals surface area contributed by atoms with E-state index in [1.165, 1.54) is 6.07 Å². The molecule has 0 atom stereocenters. The van der Waals surface area contributed by atoms with Gasteiger partial charge in [-0.25, -0.2) is 9.97 Å². The van der Waals surface area contributed by atoms with Gasteiger partial charge in [0, 0.05) is 6.07 Å². The lowest BCUT2D eigenvalue weighted by atomic mass is 10.7. The molecule has 4 heteroatoms. The van der Waals surface area contributed by atoms with Gasteiger partial charge in [0.05, 0.1) is 0 Å². The van der Waals surface area contributed by atoms with Crippen LogP contribution in [0.3, 0.4) is 0 Å². The smallest absolute Gasteiger partial charge is 0.200 e. The summed E-state index contributed by atoms with van der Waals surface area (Å²) < 4.78 is 0. The van der Waals surface area contributed by atoms with Crippen LogP contribution in [0.1, 0.15) is 0 Å². The van der Waals surface area contributed by atoms with Crippen molar-refractivity contribution in [1.29, 1.82) is 0 Å². The van der Waals surface area contributed by atoms with Crippen LogP contribution in [0.5, 0.6) is 0 Å². The number of halogens is 2. The molecule has 1 heterocycles. The predicted octanol–water partition coefficient (Wildman–Crippen LogP) is 1.58. The summed E-state index contributed by atoms with van der Waals surface area (Å²) in [7, 11) is 0. The van der Waals surface area contributed by atoms with E-state index in [4.69, 9.17) is 23.2 Å². The summed E-state index contributed by atoms with van der Waals surface area (Å²) in [4.78, 5) is 6.97. The molecular weight excluding hydrogens is 147 g/mol. The minimum Gasteiger partial charge on any atom is -0.213 e. The molecule has 2 nitrogen and oxygen atoms in total. The van der Waals surface area contributed by atoms with Gasteiger partial charge in [-0.05, 0) is 0 Å². The molecule has 41 valence electrons. The molecule has 0 fully saturated rings. The third-order valence-electron chi connectivity index (χ3n) is 0.552. The van der Waals surface area contributed by atoms with Crippen molar-refractivity contribution in [2.45, 2.75) is 0 Å². The van der Waals surface area contributed by atoms with E-state index in [1.54, 1.807) is 0 Å². The molecule has 8 heavy (non-hydrogen) atoms. The van der Waals surface area contributed by atoms with Gasteiger partial charge in [0.25, 0.3) is 0 Å². The summed E-state index contributed by atoms with van der Waals surface area (Å²) in [6.45, 7) is 0. The molecule has 0 aliphatic heterocycles. The van der Waals surface area contributed by atoms with Gasteiger partial charge in [-0.2, -0.15) is 0 Å². The van der Waals surface area contributed by atoms with Gasteiger partial charge < -0.3 is 0 Å². The van der Waals surface area contributed by atoms with Crippen molar-refractivity contribution in [1.82, 2.24) is 9.97 Å². The Hall–Kier alpha value is -0.340. The van der Waals surface area contributed by atoms with Crippen LogP contribution >= 0.6 is 23.2 Å². The van der Waals surface area contributed by atoms with Crippen LogP contribution in [-0.2, 0) is 0 Å². The van der Waals surface area contributed by atoms with Crippen LogP contribution in [0.4, 0.5) is 0 Å². The fraction of sp³-hybridized carbons (Fsp3) is 0. The maximum absolute atomic E-state index is 5.38. The van der Waals surface area contributed by atoms with Crippen molar-refractivity contribution in [3.63, 3.8) is 0 Å². The molecule has 0 bridgehead atoms. The summed E-state index contributed by atoms with van der Waals surface area (Å²) >= 11 is 10.8. The Morgan fingerprint density at radius 2 is 1.75 bits per heavy atom. The SMILES string of the molecule is Clc1cc(Cl)n[c]n1. The topological polar surface area (TPSA) is 25.8 Å². The number of rotatable bonds is 0. The van der Waals surface area contributed by atoms with E-state index in [-0.39, 0.29) is 0 Å². The summed E-state index contributed by atoms with van der Waals surface area (Å²) in [6.07, 6.45) is 2.27. The zero-order valence-electron chi connectivity index (χ0n) is 3.73. The second-order valence-corrected chi connectivity index (χ2v) is 1.89. The predicted molar refractivity (Wildman–Crippen MR) is 30.9 cm³/mol. The lowest BCUT2D eigenvalue weighted by molar-refractivity contribution is 1.15. The molecule has 0 aromatic carbocycles. The van der Waals surface area contributed by atoms with Crippen molar-refractivity contribution < 1.29 is 0 Å². The molecule has 1 aromatic heterocycles. The number of hydrogen-bond acceptors (Lipinski definition) is 2. The number of nitrogens with zero attached hydrogens (tertiary/aromatic N) is 2. The van der Waals surface area contributed by atoms with E-state index >= 15 is 0 Å². The van der Waals surface area contributed by atoms with Crippen LogP contribution in [0.25, 0.3) is 0 Å². The van der Waals surface area contributed by atoms with Gasteiger partial charge in [0.1, 0.15) is 10.3 Å². The first-order valence-corrected chi connectivity index (χ1v) is 2.61. The molecule has 0 aliphatic rings. The molecule has 1 aromatic rings. The molecule has 0 saturated carbocycles. The Morgan fingerprint density at radius 3 is 2.00 bits per heavy atom. The summed E-state index contributed by atoms with van der Waals surface area (Å²) in [5, 5.41) is 0.620. The third kappa shape index (κ3) is 1.32. The normalized spacial score (nSPS) is 9.25. The highest BCUT2D eigenvalue weighted by Gasteiger charge is 1.88. The first-order chi connectivity index (χ1) is 3.79. The minimum atomic E-state index is 0.310. The fourth-order valence-corrected chi connectivity index (χ4v) is 0.622. The van der Waals surface area contributed by atoms with Gasteiger partial charge in [-0.1, -0.05) is 23.2 Å². The van der Waals surface area contributed by atoms with Crippen LogP contribution in [0.2, 0.25) is 10.3 Å². The third-order valence-corrected chi connectivity index (χ3v) is 0.939. The second-order valence-electron chi connectivity index (χ2n) is 1.11. The van der Waals surface area contributed by atoms with Crippen LogP contribution in [0.15, 0.2) is 6.07 Å². The van der Waals surface area contributed by atoms with Gasteiger partial charge in [-0.3, -0.25) is 0 Å². The van der Waals surface area contributed by atoms with E-state index in [9.17, 15) is 0 Å². The maximum Gasteiger partial charge on any atom is 0.200 e. The first kappa shape index (κ1) is 5.79. The first-order valence-electron chi connectivity index (χ1n) is 1.85. The average Bonchev–Trinajstić information content (AvgIpc) is 1.64. The summed E-state index contributed by atoms with van der Waals surface area (Å²) in [5.74, 6) is 0. The lowest BCUT2D eigenvalue weighted by Crippen LogP contribution is -1.77. The molecule has 0 saturated heterocycles. The van der Waals surface area contributed by atoms with Crippen molar-refractivity contribution in [3.05, 3.63) is 22.7 Å². The van der Waals surface area contributed by atoms with Gasteiger partial charge in [0.2, 0.25) is 6.33 Å². The van der Waals surface area contributed by atoms with Crippen molar-refractivity contribution >= 4 is 23.2 Å². The van der Waals surface area contributed by atoms with Crippen LogP contribution < -0.4 is 0 Å². The van der Waals surface area contributed by atoms with Gasteiger partial charge >= 0.3 is 0 Å². The Balaban J connectivity index is 3.08. The van der Waals surface area contributed by atoms with Gasteiger partial charge in [0.15, 0.2) is 0 Å². The zero-order chi connectivity index (χ0) is 5.98. The Labute approximate surface area is 56.5 Å². The van der Waals surface area contributed by atoms with E-state index < -0.39 is 0 Å². The summed E-state index contributed by atoms with van der Waals surface area (Å²) in [6, 6.07) is 1.44. The Kier molecular flexibility index (Phi) is 1.65. The molecular formula is C4HCl2N2. The zero-order valence-corrected chi connectivity index (χ0v) is 5.24. The molecule has 0 unspecified atom stereocenters. The molecule has 0 N–H and O–H groups in total. The van der Waals surface area contributed by atoms with Crippen molar-refractivity contribution in [2.75, 3.05) is 0 Å². The van der Waals surface area contributed by atoms with E-state index in [0.29, 0.717) is 10.3 Å². The van der Waals surface area contributed by atoms with Gasteiger partial charge in [-0.15, -0.1) is 0 Å². The molecule has 1 rings (SSSR count). The second kappa shape index (κ2) is 2.29. The monoisotopic (exact) mass is 147 g/mol. The Morgan fingerprint density at radius 1 is 1.25 bits per heavy atom. The summed E-state index contributed by atoms with van der Waals surface area (Å²) in [5.41, 5.74) is 0. The highest BCUT2D eigenvalue weighted by Crippen LogP contribution is 2.07.